The minimum absolute atomic E-state index is 0.0753. The van der Waals surface area contributed by atoms with Crippen molar-refractivity contribution in [3.05, 3.63) is 46.4 Å². The topological polar surface area (TPSA) is 60.5 Å². The molecule has 0 fully saturated rings. The summed E-state index contributed by atoms with van der Waals surface area (Å²) < 4.78 is 12.7. The first-order valence-electron chi connectivity index (χ1n) is 7.19. The highest BCUT2D eigenvalue weighted by Gasteiger charge is 2.11. The second-order valence-electron chi connectivity index (χ2n) is 5.07. The molecule has 3 aromatic rings. The Morgan fingerprint density at radius 2 is 2.17 bits per heavy atom. The van der Waals surface area contributed by atoms with Gasteiger partial charge in [0.05, 0.1) is 11.8 Å². The lowest BCUT2D eigenvalue weighted by Gasteiger charge is -2.07. The first-order chi connectivity index (χ1) is 11.6. The largest absolute Gasteiger partial charge is 0.494 e. The zero-order chi connectivity index (χ0) is 17.1. The summed E-state index contributed by atoms with van der Waals surface area (Å²) in [5.74, 6) is 1.08. The minimum atomic E-state index is -0.256. The molecule has 0 aliphatic heterocycles. The highest BCUT2D eigenvalue weighted by molar-refractivity contribution is 9.10. The van der Waals surface area contributed by atoms with E-state index in [1.54, 1.807) is 7.11 Å². The third kappa shape index (κ3) is 3.68. The molecule has 1 amide bonds. The van der Waals surface area contributed by atoms with Crippen LogP contribution >= 0.6 is 27.3 Å². The van der Waals surface area contributed by atoms with E-state index in [2.05, 4.69) is 26.2 Å². The van der Waals surface area contributed by atoms with E-state index in [4.69, 9.17) is 9.47 Å². The first-order valence-corrected chi connectivity index (χ1v) is 8.80. The molecular weight excluding hydrogens is 392 g/mol. The number of nitrogens with one attached hydrogen (secondary N) is 1. The van der Waals surface area contributed by atoms with Crippen LogP contribution in [-0.4, -0.2) is 24.6 Å². The molecule has 0 aliphatic carbocycles. The summed E-state index contributed by atoms with van der Waals surface area (Å²) in [6.45, 7) is 1.89. The van der Waals surface area contributed by atoms with Crippen molar-refractivity contribution in [1.82, 2.24) is 4.98 Å². The summed E-state index contributed by atoms with van der Waals surface area (Å²) >= 11 is 4.83. The molecule has 0 unspecified atom stereocenters. The number of rotatable bonds is 5. The normalized spacial score (nSPS) is 10.6. The van der Waals surface area contributed by atoms with Crippen LogP contribution in [0.3, 0.4) is 0 Å². The van der Waals surface area contributed by atoms with Gasteiger partial charge in [0.2, 0.25) is 0 Å². The van der Waals surface area contributed by atoms with Gasteiger partial charge in [0.1, 0.15) is 17.0 Å². The number of thiazole rings is 1. The van der Waals surface area contributed by atoms with Crippen molar-refractivity contribution in [3.8, 4) is 11.5 Å². The fraction of sp³-hybridized carbons (Fsp3) is 0.176. The smallest absolute Gasteiger partial charge is 0.264 e. The third-order valence-electron chi connectivity index (χ3n) is 3.35. The summed E-state index contributed by atoms with van der Waals surface area (Å²) in [6.07, 6.45) is 0. The lowest BCUT2D eigenvalue weighted by atomic mass is 10.2. The molecule has 1 N–H and O–H groups in total. The van der Waals surface area contributed by atoms with Crippen LogP contribution in [0.25, 0.3) is 10.2 Å². The van der Waals surface area contributed by atoms with Gasteiger partial charge in [-0.25, -0.2) is 4.98 Å². The van der Waals surface area contributed by atoms with Crippen LogP contribution in [0.15, 0.2) is 40.9 Å². The Labute approximate surface area is 151 Å². The van der Waals surface area contributed by atoms with Crippen molar-refractivity contribution in [3.63, 3.8) is 0 Å². The molecule has 0 saturated carbocycles. The zero-order valence-corrected chi connectivity index (χ0v) is 15.5. The Bertz CT molecular complexity index is 895. The SMILES string of the molecule is COc1cccc2sc(NC(=O)COc3ccc(Br)c(C)c3)nc12. The van der Waals surface area contributed by atoms with Crippen molar-refractivity contribution in [2.45, 2.75) is 6.92 Å². The van der Waals surface area contributed by atoms with Crippen molar-refractivity contribution in [1.29, 1.82) is 0 Å². The highest BCUT2D eigenvalue weighted by atomic mass is 79.9. The van der Waals surface area contributed by atoms with Gasteiger partial charge in [0, 0.05) is 4.47 Å². The molecule has 124 valence electrons. The molecule has 1 aromatic heterocycles. The molecule has 0 saturated heterocycles. The van der Waals surface area contributed by atoms with Gasteiger partial charge in [-0.15, -0.1) is 0 Å². The maximum absolute atomic E-state index is 12.1. The monoisotopic (exact) mass is 406 g/mol. The van der Waals surface area contributed by atoms with Gasteiger partial charge in [0.15, 0.2) is 11.7 Å². The highest BCUT2D eigenvalue weighted by Crippen LogP contribution is 2.32. The molecule has 0 atom stereocenters. The quantitative estimate of drug-likeness (QED) is 0.682. The average Bonchev–Trinajstić information content (AvgIpc) is 2.98. The lowest BCUT2D eigenvalue weighted by molar-refractivity contribution is -0.118. The number of nitrogens with zero attached hydrogens (tertiary/aromatic N) is 1. The number of anilines is 1. The van der Waals surface area contributed by atoms with E-state index < -0.39 is 0 Å². The maximum atomic E-state index is 12.1. The van der Waals surface area contributed by atoms with E-state index in [9.17, 15) is 4.79 Å². The Kier molecular flexibility index (Phi) is 5.01. The van der Waals surface area contributed by atoms with Crippen LogP contribution in [0.4, 0.5) is 5.13 Å². The Hall–Kier alpha value is -2.12. The van der Waals surface area contributed by atoms with Crippen LogP contribution in [0.2, 0.25) is 0 Å². The Morgan fingerprint density at radius 3 is 2.92 bits per heavy atom. The molecule has 24 heavy (non-hydrogen) atoms. The van der Waals surface area contributed by atoms with Crippen molar-refractivity contribution < 1.29 is 14.3 Å². The first kappa shape index (κ1) is 16.7. The number of carbonyl (C=O) groups excluding carboxylic acids is 1. The fourth-order valence-corrected chi connectivity index (χ4v) is 3.30. The fourth-order valence-electron chi connectivity index (χ4n) is 2.15. The van der Waals surface area contributed by atoms with Crippen molar-refractivity contribution in [2.75, 3.05) is 19.0 Å². The second-order valence-corrected chi connectivity index (χ2v) is 6.96. The van der Waals surface area contributed by atoms with E-state index in [1.165, 1.54) is 11.3 Å². The molecule has 0 bridgehead atoms. The summed E-state index contributed by atoms with van der Waals surface area (Å²) in [6, 6.07) is 11.2. The van der Waals surface area contributed by atoms with Gasteiger partial charge >= 0.3 is 0 Å². The van der Waals surface area contributed by atoms with E-state index in [0.717, 1.165) is 20.3 Å². The van der Waals surface area contributed by atoms with Crippen molar-refractivity contribution in [2.24, 2.45) is 0 Å². The molecule has 3 rings (SSSR count). The summed E-state index contributed by atoms with van der Waals surface area (Å²) in [5, 5.41) is 3.28. The number of aromatic nitrogens is 1. The third-order valence-corrected chi connectivity index (χ3v) is 5.17. The number of benzene rings is 2. The van der Waals surface area contributed by atoms with E-state index >= 15 is 0 Å². The molecular formula is C17H15BrN2O3S. The van der Waals surface area contributed by atoms with Crippen molar-refractivity contribution >= 4 is 48.5 Å². The van der Waals surface area contributed by atoms with Gasteiger partial charge in [-0.05, 0) is 42.8 Å². The van der Waals surface area contributed by atoms with Crippen LogP contribution in [-0.2, 0) is 4.79 Å². The second kappa shape index (κ2) is 7.19. The summed E-state index contributed by atoms with van der Waals surface area (Å²) in [4.78, 5) is 16.5. The standard InChI is InChI=1S/C17H15BrN2O3S/c1-10-8-11(6-7-12(10)18)23-9-15(21)19-17-20-16-13(22-2)4-3-5-14(16)24-17/h3-8H,9H2,1-2H3,(H,19,20,21). The van der Waals surface area contributed by atoms with Crippen LogP contribution in [0.1, 0.15) is 5.56 Å². The Morgan fingerprint density at radius 1 is 1.33 bits per heavy atom. The number of fused-ring (bicyclic) bond motifs is 1. The van der Waals surface area contributed by atoms with Gasteiger partial charge in [-0.1, -0.05) is 33.3 Å². The molecule has 5 nitrogen and oxygen atoms in total. The molecule has 0 aliphatic rings. The number of methoxy groups -OCH3 is 1. The van der Waals surface area contributed by atoms with E-state index in [-0.39, 0.29) is 12.5 Å². The number of halogens is 1. The predicted octanol–water partition coefficient (Wildman–Crippen LogP) is 4.39. The number of hydrogen-bond donors (Lipinski definition) is 1. The minimum Gasteiger partial charge on any atom is -0.494 e. The van der Waals surface area contributed by atoms with Gasteiger partial charge in [0.25, 0.3) is 5.91 Å². The van der Waals surface area contributed by atoms with Gasteiger partial charge < -0.3 is 9.47 Å². The molecule has 7 heteroatoms. The molecule has 2 aromatic carbocycles. The molecule has 0 spiro atoms. The number of amides is 1. The zero-order valence-electron chi connectivity index (χ0n) is 13.1. The lowest BCUT2D eigenvalue weighted by Crippen LogP contribution is -2.20. The summed E-state index contributed by atoms with van der Waals surface area (Å²) in [5.41, 5.74) is 1.79. The Balaban J connectivity index is 1.65. The number of carbonyl (C=O) groups is 1. The number of hydrogen-bond acceptors (Lipinski definition) is 5. The predicted molar refractivity (Wildman–Crippen MR) is 99.2 cm³/mol. The number of para-hydroxylation sites is 1. The molecule has 1 heterocycles. The molecule has 0 radical (unpaired) electrons. The number of aryl methyl sites for hydroxylation is 1. The van der Waals surface area contributed by atoms with E-state index in [0.29, 0.717) is 16.6 Å². The van der Waals surface area contributed by atoms with Crippen LogP contribution < -0.4 is 14.8 Å². The van der Waals surface area contributed by atoms with Gasteiger partial charge in [-0.2, -0.15) is 0 Å². The summed E-state index contributed by atoms with van der Waals surface area (Å²) in [7, 11) is 1.60. The van der Waals surface area contributed by atoms with E-state index in [1.807, 2.05) is 43.3 Å². The van der Waals surface area contributed by atoms with Crippen LogP contribution in [0, 0.1) is 6.92 Å². The maximum Gasteiger partial charge on any atom is 0.264 e. The van der Waals surface area contributed by atoms with Gasteiger partial charge in [-0.3, -0.25) is 10.1 Å². The average molecular weight is 407 g/mol. The van der Waals surface area contributed by atoms with Crippen LogP contribution in [0.5, 0.6) is 11.5 Å². The number of ether oxygens (including phenoxy) is 2.